The van der Waals surface area contributed by atoms with Crippen molar-refractivity contribution in [2.45, 2.75) is 0 Å². The van der Waals surface area contributed by atoms with Gasteiger partial charge in [-0.25, -0.2) is 9.68 Å². The molecule has 1 N–H and O–H groups in total. The summed E-state index contributed by atoms with van der Waals surface area (Å²) in [5.41, 5.74) is 0. The van der Waals surface area contributed by atoms with E-state index < -0.39 is 20.5 Å². The van der Waals surface area contributed by atoms with E-state index in [1.165, 1.54) is 0 Å². The smallest absolute Gasteiger partial charge is 0.277 e. The Balaban J connectivity index is 4.02. The molecular formula is CHNO8S. The molecule has 0 amide bonds. The number of carbonyl (C=O) groups excluding carboxylic acids is 1. The van der Waals surface area contributed by atoms with Gasteiger partial charge >= 0.3 is 20.5 Å². The molecule has 11 heavy (non-hydrogen) atoms. The fourth-order valence-electron chi connectivity index (χ4n) is 0.104. The van der Waals surface area contributed by atoms with Gasteiger partial charge in [-0.15, -0.1) is 10.1 Å². The molecule has 0 bridgehead atoms. The van der Waals surface area contributed by atoms with Crippen LogP contribution < -0.4 is 0 Å². The Hall–Kier alpha value is -1.42. The molecule has 0 aliphatic heterocycles. The third-order valence-electron chi connectivity index (χ3n) is 0.377. The van der Waals surface area contributed by atoms with E-state index in [0.29, 0.717) is 0 Å². The first kappa shape index (κ1) is 9.58. The lowest BCUT2D eigenvalue weighted by atomic mass is 11.6. The zero-order chi connectivity index (χ0) is 9.07. The summed E-state index contributed by atoms with van der Waals surface area (Å²) in [7, 11) is -5.09. The molecule has 0 radical (unpaired) electrons. The highest BCUT2D eigenvalue weighted by Crippen LogP contribution is 1.91. The van der Waals surface area contributed by atoms with Crippen LogP contribution in [0, 0.1) is 10.1 Å². The minimum atomic E-state index is -5.09. The van der Waals surface area contributed by atoms with Crippen LogP contribution in [-0.4, -0.2) is 23.4 Å². The number of rotatable bonds is 2. The summed E-state index contributed by atoms with van der Waals surface area (Å²) in [5.74, 6) is 0. The molecule has 0 aromatic rings. The van der Waals surface area contributed by atoms with Crippen molar-refractivity contribution in [2.24, 2.45) is 0 Å². The molecule has 0 rings (SSSR count). The fourth-order valence-corrected chi connectivity index (χ4v) is 0.220. The number of nitrogens with zero attached hydrogens (tertiary/aromatic N) is 1. The summed E-state index contributed by atoms with van der Waals surface area (Å²) in [4.78, 5) is 25.0. The normalized spacial score (nSPS) is 10.3. The summed E-state index contributed by atoms with van der Waals surface area (Å²) in [6, 6.07) is 0. The van der Waals surface area contributed by atoms with Crippen LogP contribution in [0.1, 0.15) is 0 Å². The molecule has 10 heteroatoms. The fraction of sp³-hybridized carbons (Fsp3) is 0. The number of hydrogen-bond donors (Lipinski definition) is 1. The predicted molar refractivity (Wildman–Crippen MR) is 26.1 cm³/mol. The molecule has 9 nitrogen and oxygen atoms in total. The molecule has 0 atom stereocenters. The van der Waals surface area contributed by atoms with Gasteiger partial charge in [-0.05, 0) is 0 Å². The second kappa shape index (κ2) is 3.12. The van der Waals surface area contributed by atoms with E-state index in [-0.39, 0.29) is 0 Å². The van der Waals surface area contributed by atoms with Crippen LogP contribution in [-0.2, 0) is 20.0 Å². The van der Waals surface area contributed by atoms with Crippen LogP contribution in [0.5, 0.6) is 0 Å². The molecule has 0 heterocycles. The molecule has 0 saturated carbocycles. The van der Waals surface area contributed by atoms with Crippen molar-refractivity contribution in [2.75, 3.05) is 0 Å². The molecule has 0 aromatic carbocycles. The van der Waals surface area contributed by atoms with Crippen LogP contribution in [0.2, 0.25) is 0 Å². The highest BCUT2D eigenvalue weighted by molar-refractivity contribution is 8.00. The van der Waals surface area contributed by atoms with Crippen molar-refractivity contribution in [1.29, 1.82) is 0 Å². The van der Waals surface area contributed by atoms with Crippen molar-refractivity contribution in [3.8, 4) is 0 Å². The van der Waals surface area contributed by atoms with Gasteiger partial charge in [-0.3, -0.25) is 4.55 Å². The van der Waals surface area contributed by atoms with E-state index in [0.717, 1.165) is 0 Å². The highest BCUT2D eigenvalue weighted by Gasteiger charge is 2.22. The first-order valence-corrected chi connectivity index (χ1v) is 3.28. The lowest BCUT2D eigenvalue weighted by Gasteiger charge is -1.93. The molecule has 0 fully saturated rings. The van der Waals surface area contributed by atoms with Gasteiger partial charge in [0, 0.05) is 0 Å². The first-order valence-electron chi connectivity index (χ1n) is 1.84. The van der Waals surface area contributed by atoms with Crippen LogP contribution in [0.25, 0.3) is 0 Å². The van der Waals surface area contributed by atoms with Gasteiger partial charge in [-0.2, -0.15) is 8.42 Å². The largest absolute Gasteiger partial charge is 0.483 e. The third kappa shape index (κ3) is 4.05. The molecular weight excluding hydrogens is 186 g/mol. The van der Waals surface area contributed by atoms with Crippen molar-refractivity contribution in [3.63, 3.8) is 0 Å². The standard InChI is InChI=1S/CHNO8S/c3-1(11(6,7)8)9-10-2(4)5/h(H,6,7,8). The van der Waals surface area contributed by atoms with Crippen LogP contribution in [0.4, 0.5) is 4.79 Å². The van der Waals surface area contributed by atoms with Crippen molar-refractivity contribution >= 4 is 15.4 Å². The van der Waals surface area contributed by atoms with E-state index in [2.05, 4.69) is 9.88 Å². The maximum atomic E-state index is 9.88. The maximum Gasteiger partial charge on any atom is 0.483 e. The Bertz CT molecular complexity index is 262. The van der Waals surface area contributed by atoms with Gasteiger partial charge in [0.05, 0.1) is 0 Å². The monoisotopic (exact) mass is 187 g/mol. The summed E-state index contributed by atoms with van der Waals surface area (Å²) in [6.45, 7) is 0. The van der Waals surface area contributed by atoms with Crippen molar-refractivity contribution in [3.05, 3.63) is 10.1 Å². The highest BCUT2D eigenvalue weighted by atomic mass is 32.2. The minimum absolute atomic E-state index is 1.57. The van der Waals surface area contributed by atoms with Crippen molar-refractivity contribution in [1.82, 2.24) is 0 Å². The van der Waals surface area contributed by atoms with E-state index in [1.807, 2.05) is 0 Å². The minimum Gasteiger partial charge on any atom is -0.277 e. The van der Waals surface area contributed by atoms with Gasteiger partial charge in [-0.1, -0.05) is 4.99 Å². The summed E-state index contributed by atoms with van der Waals surface area (Å²) in [5, 5.41) is 5.44. The SMILES string of the molecule is O=C(OO[N+](=O)[O-])S(=O)(=O)O. The van der Waals surface area contributed by atoms with Gasteiger partial charge in [0.25, 0.3) is 0 Å². The second-order valence-electron chi connectivity index (χ2n) is 1.11. The van der Waals surface area contributed by atoms with Crippen LogP contribution >= 0.6 is 0 Å². The Morgan fingerprint density at radius 3 is 2.27 bits per heavy atom. The van der Waals surface area contributed by atoms with E-state index in [4.69, 9.17) is 4.55 Å². The molecule has 0 aliphatic carbocycles. The molecule has 64 valence electrons. The lowest BCUT2D eigenvalue weighted by Crippen LogP contribution is -2.17. The summed E-state index contributed by atoms with van der Waals surface area (Å²) < 4.78 is 27.2. The molecule has 0 spiro atoms. The predicted octanol–water partition coefficient (Wildman–Crippen LogP) is -0.866. The summed E-state index contributed by atoms with van der Waals surface area (Å²) in [6.07, 6.45) is 0. The Morgan fingerprint density at radius 1 is 1.55 bits per heavy atom. The van der Waals surface area contributed by atoms with Gasteiger partial charge in [0.2, 0.25) is 0 Å². The zero-order valence-electron chi connectivity index (χ0n) is 4.66. The Morgan fingerprint density at radius 2 is 2.00 bits per heavy atom. The topological polar surface area (TPSA) is 133 Å². The first-order chi connectivity index (χ1) is 4.84. The van der Waals surface area contributed by atoms with E-state index >= 15 is 0 Å². The van der Waals surface area contributed by atoms with E-state index in [9.17, 15) is 23.3 Å². The van der Waals surface area contributed by atoms with Crippen LogP contribution in [0.15, 0.2) is 0 Å². The van der Waals surface area contributed by atoms with Gasteiger partial charge in [0.15, 0.2) is 0 Å². The Kier molecular flexibility index (Phi) is 2.71. The average Bonchev–Trinajstić information content (AvgIpc) is 1.80. The van der Waals surface area contributed by atoms with E-state index in [1.54, 1.807) is 0 Å². The quantitative estimate of drug-likeness (QED) is 0.255. The van der Waals surface area contributed by atoms with Crippen molar-refractivity contribution < 1.29 is 32.7 Å². The van der Waals surface area contributed by atoms with Crippen LogP contribution in [0.3, 0.4) is 0 Å². The number of carbonyl (C=O) groups is 1. The average molecular weight is 187 g/mol. The molecule has 0 saturated heterocycles. The lowest BCUT2D eigenvalue weighted by molar-refractivity contribution is -0.838. The third-order valence-corrected chi connectivity index (χ3v) is 0.866. The number of hydrogen-bond acceptors (Lipinski definition) is 7. The summed E-state index contributed by atoms with van der Waals surface area (Å²) >= 11 is 0. The molecule has 0 aliphatic rings. The maximum absolute atomic E-state index is 9.88. The second-order valence-corrected chi connectivity index (χ2v) is 2.39. The molecule has 0 unspecified atom stereocenters. The zero-order valence-corrected chi connectivity index (χ0v) is 5.48. The molecule has 0 aromatic heterocycles. The van der Waals surface area contributed by atoms with Gasteiger partial charge < -0.3 is 0 Å². The Labute approximate surface area is 59.3 Å². The van der Waals surface area contributed by atoms with Gasteiger partial charge in [0.1, 0.15) is 0 Å².